The first-order chi connectivity index (χ1) is 18.2. The van der Waals surface area contributed by atoms with E-state index in [1.165, 1.54) is 13.2 Å². The van der Waals surface area contributed by atoms with Crippen LogP contribution in [-0.2, 0) is 26.0 Å². The smallest absolute Gasteiger partial charge is 0.343 e. The van der Waals surface area contributed by atoms with E-state index in [4.69, 9.17) is 9.47 Å². The molecule has 2 unspecified atom stereocenters. The number of likely N-dealkylation sites (tertiary alicyclic amines) is 1. The quantitative estimate of drug-likeness (QED) is 0.466. The zero-order chi connectivity index (χ0) is 27.0. The molecule has 1 saturated heterocycles. The molecule has 3 atom stereocenters. The number of carbonyl (C=O) groups excluding carboxylic acids is 2. The lowest BCUT2D eigenvalue weighted by molar-refractivity contribution is -0.120. The van der Waals surface area contributed by atoms with Crippen LogP contribution in [0.3, 0.4) is 0 Å². The molecule has 1 aliphatic carbocycles. The third-order valence-corrected chi connectivity index (χ3v) is 9.12. The fourth-order valence-corrected chi connectivity index (χ4v) is 6.74. The molecule has 204 valence electrons. The SMILES string of the molecule is CCN1CC[C@@H](CNC(=O)Cc2cc(F)ccc2S(=O)(=O)Nc2ccc3c(c2C(=O)OC)OCC2CC32)C1. The lowest BCUT2D eigenvalue weighted by atomic mass is 10.0. The standard InChI is InChI=1S/C27H32FN3O6S/c1-3-31-9-8-16(14-31)13-29-24(32)12-17-10-19(28)4-7-23(17)38(34,35)30-22-6-5-20-21-11-18(21)15-37-26(20)25(22)27(33)36-2/h4-7,10,16,18,21,30H,3,8-9,11-15H2,1-2H3,(H,29,32)/t16-,18?,21?/m0/s1. The molecule has 2 fully saturated rings. The summed E-state index contributed by atoms with van der Waals surface area (Å²) in [7, 11) is -3.10. The first kappa shape index (κ1) is 26.4. The zero-order valence-electron chi connectivity index (χ0n) is 21.5. The first-order valence-electron chi connectivity index (χ1n) is 12.9. The Hall–Kier alpha value is -3.18. The number of amides is 1. The number of nitrogens with zero attached hydrogens (tertiary/aromatic N) is 1. The van der Waals surface area contributed by atoms with E-state index >= 15 is 0 Å². The number of hydrogen-bond acceptors (Lipinski definition) is 7. The van der Waals surface area contributed by atoms with E-state index in [0.29, 0.717) is 30.7 Å². The average Bonchev–Trinajstić information content (AvgIpc) is 3.55. The van der Waals surface area contributed by atoms with Gasteiger partial charge in [-0.3, -0.25) is 9.52 Å². The van der Waals surface area contributed by atoms with Gasteiger partial charge in [0.15, 0.2) is 0 Å². The van der Waals surface area contributed by atoms with Gasteiger partial charge < -0.3 is 19.7 Å². The normalized spacial score (nSPS) is 22.1. The van der Waals surface area contributed by atoms with Crippen molar-refractivity contribution in [3.8, 4) is 5.75 Å². The number of carbonyl (C=O) groups is 2. The number of esters is 1. The molecule has 1 amide bonds. The molecule has 0 aromatic heterocycles. The minimum atomic E-state index is -4.31. The summed E-state index contributed by atoms with van der Waals surface area (Å²) in [5, 5.41) is 2.86. The van der Waals surface area contributed by atoms with Crippen LogP contribution >= 0.6 is 0 Å². The molecule has 5 rings (SSSR count). The Labute approximate surface area is 221 Å². The van der Waals surface area contributed by atoms with E-state index < -0.39 is 27.7 Å². The van der Waals surface area contributed by atoms with Crippen molar-refractivity contribution in [3.05, 3.63) is 52.8 Å². The summed E-state index contributed by atoms with van der Waals surface area (Å²) in [6, 6.07) is 6.47. The van der Waals surface area contributed by atoms with Crippen LogP contribution in [0.15, 0.2) is 35.2 Å². The lowest BCUT2D eigenvalue weighted by Crippen LogP contribution is -2.32. The number of hydrogen-bond donors (Lipinski definition) is 2. The molecule has 9 nitrogen and oxygen atoms in total. The van der Waals surface area contributed by atoms with Gasteiger partial charge in [-0.15, -0.1) is 0 Å². The second kappa shape index (κ2) is 10.5. The summed E-state index contributed by atoms with van der Waals surface area (Å²) in [4.78, 5) is 27.4. The monoisotopic (exact) mass is 545 g/mol. The molecule has 11 heteroatoms. The predicted molar refractivity (Wildman–Crippen MR) is 138 cm³/mol. The van der Waals surface area contributed by atoms with Crippen LogP contribution in [0.2, 0.25) is 0 Å². The van der Waals surface area contributed by atoms with E-state index in [1.807, 2.05) is 0 Å². The fraction of sp³-hybridized carbons (Fsp3) is 0.481. The zero-order valence-corrected chi connectivity index (χ0v) is 22.3. The third-order valence-electron chi connectivity index (χ3n) is 7.65. The van der Waals surface area contributed by atoms with Crippen molar-refractivity contribution in [2.45, 2.75) is 37.0 Å². The highest BCUT2D eigenvalue weighted by Gasteiger charge is 2.45. The second-order valence-electron chi connectivity index (χ2n) is 10.2. The molecular formula is C27H32FN3O6S. The number of methoxy groups -OCH3 is 1. The summed E-state index contributed by atoms with van der Waals surface area (Å²) in [5.74, 6) is -0.442. The van der Waals surface area contributed by atoms with Gasteiger partial charge in [0.25, 0.3) is 10.0 Å². The van der Waals surface area contributed by atoms with Gasteiger partial charge >= 0.3 is 5.97 Å². The van der Waals surface area contributed by atoms with Crippen LogP contribution in [0.1, 0.15) is 47.2 Å². The third kappa shape index (κ3) is 5.35. The lowest BCUT2D eigenvalue weighted by Gasteiger charge is -2.22. The molecule has 0 spiro atoms. The topological polar surface area (TPSA) is 114 Å². The molecule has 2 aliphatic heterocycles. The number of ether oxygens (including phenoxy) is 2. The molecular weight excluding hydrogens is 513 g/mol. The molecule has 2 N–H and O–H groups in total. The van der Waals surface area contributed by atoms with Gasteiger partial charge in [-0.2, -0.15) is 0 Å². The van der Waals surface area contributed by atoms with Crippen molar-refractivity contribution in [2.75, 3.05) is 44.6 Å². The first-order valence-corrected chi connectivity index (χ1v) is 14.4. The summed E-state index contributed by atoms with van der Waals surface area (Å²) in [6.45, 7) is 5.86. The predicted octanol–water partition coefficient (Wildman–Crippen LogP) is 2.91. The second-order valence-corrected chi connectivity index (χ2v) is 11.8. The van der Waals surface area contributed by atoms with Gasteiger partial charge in [-0.1, -0.05) is 13.0 Å². The van der Waals surface area contributed by atoms with Gasteiger partial charge in [0.1, 0.15) is 17.1 Å². The molecule has 0 bridgehead atoms. The van der Waals surface area contributed by atoms with Crippen molar-refractivity contribution in [1.29, 1.82) is 0 Å². The molecule has 2 aromatic rings. The molecule has 2 aromatic carbocycles. The van der Waals surface area contributed by atoms with Gasteiger partial charge in [0.05, 0.1) is 30.7 Å². The largest absolute Gasteiger partial charge is 0.492 e. The van der Waals surface area contributed by atoms with Crippen LogP contribution in [0.5, 0.6) is 5.75 Å². The Balaban J connectivity index is 1.37. The van der Waals surface area contributed by atoms with Crippen molar-refractivity contribution in [2.24, 2.45) is 11.8 Å². The van der Waals surface area contributed by atoms with Crippen molar-refractivity contribution >= 4 is 27.6 Å². The number of nitrogens with one attached hydrogen (secondary N) is 2. The van der Waals surface area contributed by atoms with Crippen molar-refractivity contribution < 1.29 is 31.9 Å². The summed E-state index contributed by atoms with van der Waals surface area (Å²) in [6.07, 6.45) is 1.63. The van der Waals surface area contributed by atoms with Crippen LogP contribution < -0.4 is 14.8 Å². The van der Waals surface area contributed by atoms with Crippen LogP contribution in [0.25, 0.3) is 0 Å². The minimum absolute atomic E-state index is 0.00184. The number of rotatable bonds is 9. The Kier molecular flexibility index (Phi) is 7.32. The molecule has 2 heterocycles. The fourth-order valence-electron chi connectivity index (χ4n) is 5.45. The van der Waals surface area contributed by atoms with E-state index in [0.717, 1.165) is 56.2 Å². The van der Waals surface area contributed by atoms with Crippen molar-refractivity contribution in [1.82, 2.24) is 10.2 Å². The number of halogens is 1. The summed E-state index contributed by atoms with van der Waals surface area (Å²) < 4.78 is 54.3. The maximum Gasteiger partial charge on any atom is 0.343 e. The average molecular weight is 546 g/mol. The molecule has 3 aliphatic rings. The van der Waals surface area contributed by atoms with E-state index in [9.17, 15) is 22.4 Å². The Morgan fingerprint density at radius 3 is 2.79 bits per heavy atom. The van der Waals surface area contributed by atoms with Crippen LogP contribution in [-0.4, -0.2) is 65.1 Å². The Morgan fingerprint density at radius 1 is 1.24 bits per heavy atom. The number of anilines is 1. The Bertz CT molecular complexity index is 1360. The minimum Gasteiger partial charge on any atom is -0.492 e. The van der Waals surface area contributed by atoms with Gasteiger partial charge in [0, 0.05) is 19.0 Å². The van der Waals surface area contributed by atoms with Gasteiger partial charge in [-0.25, -0.2) is 17.6 Å². The highest BCUT2D eigenvalue weighted by Crippen LogP contribution is 2.55. The van der Waals surface area contributed by atoms with E-state index in [1.54, 1.807) is 6.07 Å². The number of benzene rings is 2. The maximum atomic E-state index is 14.1. The van der Waals surface area contributed by atoms with Gasteiger partial charge in [-0.05, 0) is 73.2 Å². The number of fused-ring (bicyclic) bond motifs is 3. The van der Waals surface area contributed by atoms with Gasteiger partial charge in [0.2, 0.25) is 5.91 Å². The summed E-state index contributed by atoms with van der Waals surface area (Å²) >= 11 is 0. The van der Waals surface area contributed by atoms with E-state index in [-0.39, 0.29) is 34.0 Å². The highest BCUT2D eigenvalue weighted by atomic mass is 32.2. The maximum absolute atomic E-state index is 14.1. The van der Waals surface area contributed by atoms with E-state index in [2.05, 4.69) is 21.9 Å². The highest BCUT2D eigenvalue weighted by molar-refractivity contribution is 7.92. The Morgan fingerprint density at radius 2 is 2.05 bits per heavy atom. The molecule has 1 saturated carbocycles. The molecule has 0 radical (unpaired) electrons. The number of sulfonamides is 1. The van der Waals surface area contributed by atoms with Crippen LogP contribution in [0.4, 0.5) is 10.1 Å². The summed E-state index contributed by atoms with van der Waals surface area (Å²) in [5.41, 5.74) is 0.869. The van der Waals surface area contributed by atoms with Crippen molar-refractivity contribution in [3.63, 3.8) is 0 Å². The van der Waals surface area contributed by atoms with Crippen LogP contribution in [0, 0.1) is 17.7 Å². The molecule has 38 heavy (non-hydrogen) atoms.